The second-order valence-electron chi connectivity index (χ2n) is 6.27. The number of benzene rings is 1. The third-order valence-electron chi connectivity index (χ3n) is 4.83. The highest BCUT2D eigenvalue weighted by Crippen LogP contribution is 2.26. The molecule has 2 aliphatic rings. The number of rotatable bonds is 3. The van der Waals surface area contributed by atoms with Crippen LogP contribution >= 0.6 is 0 Å². The SMILES string of the molecule is CC1CCN(CCC2NCCc3ccccc32)CC1. The molecule has 3 rings (SSSR count). The van der Waals surface area contributed by atoms with Crippen LogP contribution in [-0.4, -0.2) is 31.1 Å². The van der Waals surface area contributed by atoms with Crippen molar-refractivity contribution in [2.24, 2.45) is 5.92 Å². The lowest BCUT2D eigenvalue weighted by Crippen LogP contribution is -2.37. The molecule has 1 atom stereocenters. The van der Waals surface area contributed by atoms with Gasteiger partial charge < -0.3 is 10.2 Å². The zero-order valence-electron chi connectivity index (χ0n) is 12.1. The molecule has 1 saturated heterocycles. The lowest BCUT2D eigenvalue weighted by molar-refractivity contribution is 0.183. The quantitative estimate of drug-likeness (QED) is 0.896. The molecule has 1 aromatic carbocycles. The van der Waals surface area contributed by atoms with Crippen LogP contribution in [0.2, 0.25) is 0 Å². The standard InChI is InChI=1S/C17H26N2/c1-14-7-11-19(12-8-14)13-9-17-16-5-3-2-4-15(16)6-10-18-17/h2-5,14,17-18H,6-13H2,1H3. The van der Waals surface area contributed by atoms with Crippen LogP contribution in [0, 0.1) is 5.92 Å². The molecule has 1 N–H and O–H groups in total. The van der Waals surface area contributed by atoms with Gasteiger partial charge in [0.1, 0.15) is 0 Å². The van der Waals surface area contributed by atoms with E-state index in [0.29, 0.717) is 6.04 Å². The van der Waals surface area contributed by atoms with Gasteiger partial charge in [0.05, 0.1) is 0 Å². The van der Waals surface area contributed by atoms with E-state index in [1.165, 1.54) is 45.3 Å². The van der Waals surface area contributed by atoms with E-state index in [9.17, 15) is 0 Å². The Kier molecular flexibility index (Phi) is 4.19. The third-order valence-corrected chi connectivity index (χ3v) is 4.83. The topological polar surface area (TPSA) is 15.3 Å². The van der Waals surface area contributed by atoms with Crippen molar-refractivity contribution >= 4 is 0 Å². The summed E-state index contributed by atoms with van der Waals surface area (Å²) in [5.41, 5.74) is 3.10. The van der Waals surface area contributed by atoms with Crippen LogP contribution in [0.15, 0.2) is 24.3 Å². The molecule has 19 heavy (non-hydrogen) atoms. The van der Waals surface area contributed by atoms with Crippen molar-refractivity contribution in [1.82, 2.24) is 10.2 Å². The summed E-state index contributed by atoms with van der Waals surface area (Å²) in [6.45, 7) is 7.37. The first-order valence-electron chi connectivity index (χ1n) is 7.86. The normalized spacial score (nSPS) is 25.2. The van der Waals surface area contributed by atoms with Crippen LogP contribution in [0.25, 0.3) is 0 Å². The van der Waals surface area contributed by atoms with Gasteiger partial charge in [0.2, 0.25) is 0 Å². The van der Waals surface area contributed by atoms with Gasteiger partial charge in [0.25, 0.3) is 0 Å². The predicted molar refractivity (Wildman–Crippen MR) is 80.3 cm³/mol. The fraction of sp³-hybridized carbons (Fsp3) is 0.647. The van der Waals surface area contributed by atoms with E-state index < -0.39 is 0 Å². The number of hydrogen-bond acceptors (Lipinski definition) is 2. The van der Waals surface area contributed by atoms with Gasteiger partial charge in [-0.15, -0.1) is 0 Å². The maximum Gasteiger partial charge on any atom is 0.0335 e. The maximum atomic E-state index is 3.70. The molecular formula is C17H26N2. The average molecular weight is 258 g/mol. The van der Waals surface area contributed by atoms with Gasteiger partial charge in [0.15, 0.2) is 0 Å². The summed E-state index contributed by atoms with van der Waals surface area (Å²) in [5.74, 6) is 0.935. The first-order valence-corrected chi connectivity index (χ1v) is 7.86. The fourth-order valence-corrected chi connectivity index (χ4v) is 3.45. The number of nitrogens with one attached hydrogen (secondary N) is 1. The minimum Gasteiger partial charge on any atom is -0.310 e. The highest BCUT2D eigenvalue weighted by molar-refractivity contribution is 5.32. The molecule has 0 amide bonds. The number of piperidine rings is 1. The first kappa shape index (κ1) is 13.1. The highest BCUT2D eigenvalue weighted by Gasteiger charge is 2.21. The summed E-state index contributed by atoms with van der Waals surface area (Å²) in [7, 11) is 0. The van der Waals surface area contributed by atoms with E-state index in [1.807, 2.05) is 0 Å². The molecular weight excluding hydrogens is 232 g/mol. The molecule has 1 aromatic rings. The monoisotopic (exact) mass is 258 g/mol. The number of likely N-dealkylation sites (tertiary alicyclic amines) is 1. The molecule has 1 fully saturated rings. The maximum absolute atomic E-state index is 3.70. The number of fused-ring (bicyclic) bond motifs is 1. The van der Waals surface area contributed by atoms with Crippen LogP contribution in [0.4, 0.5) is 0 Å². The molecule has 104 valence electrons. The molecule has 0 radical (unpaired) electrons. The van der Waals surface area contributed by atoms with Gasteiger partial charge in [-0.05, 0) is 68.9 Å². The molecule has 0 aliphatic carbocycles. The molecule has 2 nitrogen and oxygen atoms in total. The van der Waals surface area contributed by atoms with Crippen LogP contribution in [-0.2, 0) is 6.42 Å². The Morgan fingerprint density at radius 1 is 1.21 bits per heavy atom. The largest absolute Gasteiger partial charge is 0.310 e. The average Bonchev–Trinajstić information content (AvgIpc) is 2.47. The fourth-order valence-electron chi connectivity index (χ4n) is 3.45. The summed E-state index contributed by atoms with van der Waals surface area (Å²) in [4.78, 5) is 2.65. The predicted octanol–water partition coefficient (Wildman–Crippen LogP) is 3.00. The summed E-state index contributed by atoms with van der Waals surface area (Å²) >= 11 is 0. The van der Waals surface area contributed by atoms with Crippen molar-refractivity contribution in [2.75, 3.05) is 26.2 Å². The Bertz CT molecular complexity index is 407. The van der Waals surface area contributed by atoms with E-state index in [0.717, 1.165) is 12.5 Å². The number of hydrogen-bond donors (Lipinski definition) is 1. The van der Waals surface area contributed by atoms with Crippen LogP contribution in [0.1, 0.15) is 43.4 Å². The summed E-state index contributed by atoms with van der Waals surface area (Å²) in [6.07, 6.45) is 5.21. The minimum absolute atomic E-state index is 0.573. The molecule has 1 unspecified atom stereocenters. The van der Waals surface area contributed by atoms with Crippen molar-refractivity contribution in [1.29, 1.82) is 0 Å². The van der Waals surface area contributed by atoms with E-state index in [-0.39, 0.29) is 0 Å². The van der Waals surface area contributed by atoms with Gasteiger partial charge in [0, 0.05) is 6.04 Å². The van der Waals surface area contributed by atoms with E-state index in [4.69, 9.17) is 0 Å². The van der Waals surface area contributed by atoms with Gasteiger partial charge in [-0.3, -0.25) is 0 Å². The molecule has 0 spiro atoms. The Balaban J connectivity index is 1.56. The lowest BCUT2D eigenvalue weighted by atomic mass is 9.92. The first-order chi connectivity index (χ1) is 9.33. The second kappa shape index (κ2) is 6.06. The van der Waals surface area contributed by atoms with Gasteiger partial charge in [-0.1, -0.05) is 31.2 Å². The van der Waals surface area contributed by atoms with Gasteiger partial charge >= 0.3 is 0 Å². The Hall–Kier alpha value is -0.860. The molecule has 0 saturated carbocycles. The van der Waals surface area contributed by atoms with E-state index in [1.54, 1.807) is 11.1 Å². The third kappa shape index (κ3) is 3.18. The molecule has 2 heterocycles. The molecule has 0 bridgehead atoms. The van der Waals surface area contributed by atoms with E-state index >= 15 is 0 Å². The highest BCUT2D eigenvalue weighted by atomic mass is 15.1. The summed E-state index contributed by atoms with van der Waals surface area (Å²) in [6, 6.07) is 9.54. The Morgan fingerprint density at radius 3 is 2.84 bits per heavy atom. The van der Waals surface area contributed by atoms with Crippen LogP contribution in [0.3, 0.4) is 0 Å². The van der Waals surface area contributed by atoms with E-state index in [2.05, 4.69) is 41.4 Å². The van der Waals surface area contributed by atoms with Crippen molar-refractivity contribution in [2.45, 2.75) is 38.6 Å². The van der Waals surface area contributed by atoms with Crippen molar-refractivity contribution in [3.63, 3.8) is 0 Å². The second-order valence-corrected chi connectivity index (χ2v) is 6.27. The zero-order chi connectivity index (χ0) is 13.1. The van der Waals surface area contributed by atoms with Crippen molar-refractivity contribution < 1.29 is 0 Å². The number of nitrogens with zero attached hydrogens (tertiary/aromatic N) is 1. The Labute approximate surface area is 117 Å². The molecule has 2 heteroatoms. The van der Waals surface area contributed by atoms with Crippen molar-refractivity contribution in [3.05, 3.63) is 35.4 Å². The Morgan fingerprint density at radius 2 is 2.00 bits per heavy atom. The zero-order valence-corrected chi connectivity index (χ0v) is 12.1. The lowest BCUT2D eigenvalue weighted by Gasteiger charge is -2.33. The summed E-state index contributed by atoms with van der Waals surface area (Å²) < 4.78 is 0. The molecule has 0 aromatic heterocycles. The minimum atomic E-state index is 0.573. The molecule has 2 aliphatic heterocycles. The van der Waals surface area contributed by atoms with Crippen LogP contribution < -0.4 is 5.32 Å². The summed E-state index contributed by atoms with van der Waals surface area (Å²) in [5, 5.41) is 3.70. The van der Waals surface area contributed by atoms with Crippen molar-refractivity contribution in [3.8, 4) is 0 Å². The smallest absolute Gasteiger partial charge is 0.0335 e. The van der Waals surface area contributed by atoms with Gasteiger partial charge in [-0.25, -0.2) is 0 Å². The van der Waals surface area contributed by atoms with Gasteiger partial charge in [-0.2, -0.15) is 0 Å². The van der Waals surface area contributed by atoms with Crippen LogP contribution in [0.5, 0.6) is 0 Å².